The third kappa shape index (κ3) is 4.93. The summed E-state index contributed by atoms with van der Waals surface area (Å²) in [5.74, 6) is -0.787. The highest BCUT2D eigenvalue weighted by Gasteiger charge is 2.39. The number of thioether (sulfide) groups is 1. The average Bonchev–Trinajstić information content (AvgIpc) is 2.43. The van der Waals surface area contributed by atoms with Gasteiger partial charge in [-0.1, -0.05) is 26.2 Å². The van der Waals surface area contributed by atoms with E-state index in [-0.39, 0.29) is 12.6 Å². The molecule has 1 unspecified atom stereocenters. The first-order chi connectivity index (χ1) is 9.00. The Morgan fingerprint density at radius 3 is 2.42 bits per heavy atom. The lowest BCUT2D eigenvalue weighted by Crippen LogP contribution is -2.47. The van der Waals surface area contributed by atoms with Crippen LogP contribution in [0.4, 0.5) is 4.79 Å². The van der Waals surface area contributed by atoms with Crippen LogP contribution in [-0.2, 0) is 4.79 Å². The Morgan fingerprint density at radius 2 is 1.89 bits per heavy atom. The van der Waals surface area contributed by atoms with Crippen molar-refractivity contribution in [2.45, 2.75) is 44.3 Å². The van der Waals surface area contributed by atoms with Crippen molar-refractivity contribution in [3.63, 3.8) is 0 Å². The molecule has 110 valence electrons. The molecule has 0 radical (unpaired) electrons. The van der Waals surface area contributed by atoms with Gasteiger partial charge in [0.15, 0.2) is 0 Å². The number of carboxylic acid groups (broad SMARTS) is 1. The molecule has 1 aliphatic rings. The summed E-state index contributed by atoms with van der Waals surface area (Å²) in [5, 5.41) is 15.2. The highest BCUT2D eigenvalue weighted by atomic mass is 32.2. The number of hydrogen-bond acceptors (Lipinski definition) is 3. The van der Waals surface area contributed by atoms with E-state index in [1.165, 1.54) is 0 Å². The predicted molar refractivity (Wildman–Crippen MR) is 77.5 cm³/mol. The molecule has 0 heterocycles. The van der Waals surface area contributed by atoms with Gasteiger partial charge in [0.2, 0.25) is 0 Å². The molecule has 1 fully saturated rings. The second kappa shape index (κ2) is 7.62. The molecule has 19 heavy (non-hydrogen) atoms. The van der Waals surface area contributed by atoms with Gasteiger partial charge in [-0.3, -0.25) is 4.79 Å². The number of hydrogen-bond donors (Lipinski definition) is 3. The van der Waals surface area contributed by atoms with Gasteiger partial charge in [-0.2, -0.15) is 11.8 Å². The smallest absolute Gasteiger partial charge is 0.314 e. The van der Waals surface area contributed by atoms with Crippen LogP contribution >= 0.6 is 11.8 Å². The van der Waals surface area contributed by atoms with Crippen LogP contribution in [0.25, 0.3) is 0 Å². The molecule has 0 aliphatic heterocycles. The molecule has 0 spiro atoms. The van der Waals surface area contributed by atoms with Crippen LogP contribution in [0.2, 0.25) is 0 Å². The Labute approximate surface area is 118 Å². The van der Waals surface area contributed by atoms with Gasteiger partial charge >= 0.3 is 12.0 Å². The lowest BCUT2D eigenvalue weighted by Gasteiger charge is -2.33. The molecule has 6 heteroatoms. The number of carboxylic acids is 1. The van der Waals surface area contributed by atoms with Crippen LogP contribution < -0.4 is 10.6 Å². The molecule has 0 aromatic heterocycles. The summed E-state index contributed by atoms with van der Waals surface area (Å²) in [6, 6.07) is -0.271. The lowest BCUT2D eigenvalue weighted by atomic mass is 9.74. The van der Waals surface area contributed by atoms with Crippen molar-refractivity contribution < 1.29 is 14.7 Å². The fraction of sp³-hybridized carbons (Fsp3) is 0.846. The van der Waals surface area contributed by atoms with Crippen molar-refractivity contribution in [3.8, 4) is 0 Å². The van der Waals surface area contributed by atoms with E-state index in [2.05, 4.69) is 10.6 Å². The standard InChI is InChI=1S/C13H24N2O3S/c1-10(19-2)8-14-12(18)15-9-13(11(16)17)6-4-3-5-7-13/h10H,3-9H2,1-2H3,(H,16,17)(H2,14,15,18). The molecule has 1 rings (SSSR count). The van der Waals surface area contributed by atoms with Gasteiger partial charge in [-0.05, 0) is 19.1 Å². The van der Waals surface area contributed by atoms with E-state index >= 15 is 0 Å². The first-order valence-electron chi connectivity index (χ1n) is 6.78. The SMILES string of the molecule is CSC(C)CNC(=O)NCC1(C(=O)O)CCCCC1. The molecular formula is C13H24N2O3S. The van der Waals surface area contributed by atoms with E-state index in [1.54, 1.807) is 11.8 Å². The predicted octanol–water partition coefficient (Wildman–Crippen LogP) is 2.07. The highest BCUT2D eigenvalue weighted by molar-refractivity contribution is 7.99. The normalized spacial score (nSPS) is 19.5. The largest absolute Gasteiger partial charge is 0.481 e. The first kappa shape index (κ1) is 16.1. The number of carbonyl (C=O) groups excluding carboxylic acids is 1. The number of rotatable bonds is 6. The Hall–Kier alpha value is -0.910. The van der Waals surface area contributed by atoms with Crippen LogP contribution in [-0.4, -0.2) is 41.7 Å². The van der Waals surface area contributed by atoms with Crippen molar-refractivity contribution in [1.29, 1.82) is 0 Å². The zero-order valence-electron chi connectivity index (χ0n) is 11.7. The molecular weight excluding hydrogens is 264 g/mol. The van der Waals surface area contributed by atoms with Crippen LogP contribution in [0, 0.1) is 5.41 Å². The molecule has 0 aromatic carbocycles. The number of aliphatic carboxylic acids is 1. The molecule has 1 atom stereocenters. The van der Waals surface area contributed by atoms with Crippen molar-refractivity contribution in [2.75, 3.05) is 19.3 Å². The molecule has 0 saturated heterocycles. The maximum absolute atomic E-state index is 11.6. The summed E-state index contributed by atoms with van der Waals surface area (Å²) >= 11 is 1.68. The van der Waals surface area contributed by atoms with Gasteiger partial charge in [0.05, 0.1) is 5.41 Å². The van der Waals surface area contributed by atoms with Crippen molar-refractivity contribution in [3.05, 3.63) is 0 Å². The maximum atomic E-state index is 11.6. The van der Waals surface area contributed by atoms with Gasteiger partial charge < -0.3 is 15.7 Å². The quantitative estimate of drug-likeness (QED) is 0.699. The molecule has 1 aliphatic carbocycles. The fourth-order valence-electron chi connectivity index (χ4n) is 2.33. The first-order valence-corrected chi connectivity index (χ1v) is 8.07. The summed E-state index contributed by atoms with van der Waals surface area (Å²) in [6.07, 6.45) is 6.25. The van der Waals surface area contributed by atoms with Gasteiger partial charge in [0.1, 0.15) is 0 Å². The number of amides is 2. The summed E-state index contributed by atoms with van der Waals surface area (Å²) in [7, 11) is 0. The zero-order chi connectivity index (χ0) is 14.3. The van der Waals surface area contributed by atoms with Gasteiger partial charge in [0, 0.05) is 18.3 Å². The Morgan fingerprint density at radius 1 is 1.26 bits per heavy atom. The second-order valence-corrected chi connectivity index (χ2v) is 6.53. The number of nitrogens with one attached hydrogen (secondary N) is 2. The monoisotopic (exact) mass is 288 g/mol. The highest BCUT2D eigenvalue weighted by Crippen LogP contribution is 2.35. The minimum atomic E-state index is -0.787. The number of carbonyl (C=O) groups is 2. The van der Waals surface area contributed by atoms with Crippen LogP contribution in [0.15, 0.2) is 0 Å². The lowest BCUT2D eigenvalue weighted by molar-refractivity contribution is -0.150. The zero-order valence-corrected chi connectivity index (χ0v) is 12.5. The minimum absolute atomic E-state index is 0.224. The molecule has 5 nitrogen and oxygen atoms in total. The Balaban J connectivity index is 2.39. The van der Waals surface area contributed by atoms with Crippen LogP contribution in [0.5, 0.6) is 0 Å². The summed E-state index contributed by atoms with van der Waals surface area (Å²) in [6.45, 7) is 2.85. The number of urea groups is 1. The van der Waals surface area contributed by atoms with Crippen molar-refractivity contribution >= 4 is 23.8 Å². The Kier molecular flexibility index (Phi) is 6.48. The molecule has 3 N–H and O–H groups in total. The summed E-state index contributed by atoms with van der Waals surface area (Å²) < 4.78 is 0. The van der Waals surface area contributed by atoms with Gasteiger partial charge in [0.25, 0.3) is 0 Å². The van der Waals surface area contributed by atoms with Gasteiger partial charge in [-0.15, -0.1) is 0 Å². The maximum Gasteiger partial charge on any atom is 0.314 e. The average molecular weight is 288 g/mol. The van der Waals surface area contributed by atoms with E-state index in [9.17, 15) is 14.7 Å². The molecule has 0 aromatic rings. The third-order valence-corrected chi connectivity index (χ3v) is 4.78. The van der Waals surface area contributed by atoms with E-state index in [1.807, 2.05) is 13.2 Å². The topological polar surface area (TPSA) is 78.4 Å². The van der Waals surface area contributed by atoms with Crippen molar-refractivity contribution in [2.24, 2.45) is 5.41 Å². The second-order valence-electron chi connectivity index (χ2n) is 5.26. The van der Waals surface area contributed by atoms with Crippen LogP contribution in [0.1, 0.15) is 39.0 Å². The summed E-state index contributed by atoms with van der Waals surface area (Å²) in [4.78, 5) is 23.1. The molecule has 0 bridgehead atoms. The van der Waals surface area contributed by atoms with Crippen LogP contribution in [0.3, 0.4) is 0 Å². The van der Waals surface area contributed by atoms with Crippen molar-refractivity contribution in [1.82, 2.24) is 10.6 Å². The molecule has 2 amide bonds. The fourth-order valence-corrected chi connectivity index (χ4v) is 2.58. The van der Waals surface area contributed by atoms with Gasteiger partial charge in [-0.25, -0.2) is 4.79 Å². The van der Waals surface area contributed by atoms with E-state index in [0.717, 1.165) is 19.3 Å². The summed E-state index contributed by atoms with van der Waals surface area (Å²) in [5.41, 5.74) is -0.763. The third-order valence-electron chi connectivity index (χ3n) is 3.80. The minimum Gasteiger partial charge on any atom is -0.481 e. The molecule has 1 saturated carbocycles. The van der Waals surface area contributed by atoms with E-state index in [4.69, 9.17) is 0 Å². The van der Waals surface area contributed by atoms with E-state index in [0.29, 0.717) is 24.6 Å². The van der Waals surface area contributed by atoms with E-state index < -0.39 is 11.4 Å². The Bertz CT molecular complexity index is 317.